The molecule has 1 rings (SSSR count). The molecule has 0 saturated carbocycles. The summed E-state index contributed by atoms with van der Waals surface area (Å²) in [6, 6.07) is 1.46. The summed E-state index contributed by atoms with van der Waals surface area (Å²) >= 11 is 0. The van der Waals surface area contributed by atoms with Crippen molar-refractivity contribution in [3.63, 3.8) is 0 Å². The van der Waals surface area contributed by atoms with Crippen LogP contribution in [-0.4, -0.2) is 4.98 Å². The van der Waals surface area contributed by atoms with Gasteiger partial charge in [0.05, 0.1) is 5.56 Å². The van der Waals surface area contributed by atoms with Crippen LogP contribution in [0.3, 0.4) is 0 Å². The Kier molecular flexibility index (Phi) is 2.77. The molecule has 13 heavy (non-hydrogen) atoms. The normalized spacial score (nSPS) is 10.8. The number of aryl methyl sites for hydroxylation is 1. The maximum absolute atomic E-state index is 12.3. The first-order chi connectivity index (χ1) is 6.06. The van der Waals surface area contributed by atoms with Gasteiger partial charge in [0.15, 0.2) is 0 Å². The van der Waals surface area contributed by atoms with Crippen LogP contribution in [0.1, 0.15) is 23.2 Å². The Morgan fingerprint density at radius 2 is 2.23 bits per heavy atom. The van der Waals surface area contributed by atoms with E-state index in [4.69, 9.17) is 5.73 Å². The molecular formula is C8H10F2N2O. The molecule has 1 heterocycles. The molecule has 0 amide bonds. The number of alkyl halides is 2. The quantitative estimate of drug-likeness (QED) is 0.729. The van der Waals surface area contributed by atoms with E-state index in [1.807, 2.05) is 0 Å². The number of H-pyrrole nitrogens is 1. The monoisotopic (exact) mass is 188 g/mol. The van der Waals surface area contributed by atoms with Crippen molar-refractivity contribution in [2.45, 2.75) is 19.9 Å². The van der Waals surface area contributed by atoms with Crippen molar-refractivity contribution < 1.29 is 8.78 Å². The van der Waals surface area contributed by atoms with Crippen molar-refractivity contribution in [2.75, 3.05) is 0 Å². The summed E-state index contributed by atoms with van der Waals surface area (Å²) in [5, 5.41) is 0. The first kappa shape index (κ1) is 9.85. The number of hydrogen-bond donors (Lipinski definition) is 2. The molecule has 0 unspecified atom stereocenters. The number of aromatic amines is 1. The predicted octanol–water partition coefficient (Wildman–Crippen LogP) is 1.08. The molecule has 0 atom stereocenters. The summed E-state index contributed by atoms with van der Waals surface area (Å²) in [6.07, 6.45) is -2.74. The second kappa shape index (κ2) is 3.66. The van der Waals surface area contributed by atoms with Crippen molar-refractivity contribution in [1.29, 1.82) is 0 Å². The highest BCUT2D eigenvalue weighted by Crippen LogP contribution is 2.18. The zero-order chi connectivity index (χ0) is 10.0. The molecule has 3 N–H and O–H groups in total. The fraction of sp³-hybridized carbons (Fsp3) is 0.375. The molecule has 0 fully saturated rings. The van der Waals surface area contributed by atoms with Crippen LogP contribution in [0.2, 0.25) is 0 Å². The Balaban J connectivity index is 3.32. The minimum absolute atomic E-state index is 0.138. The van der Waals surface area contributed by atoms with Gasteiger partial charge in [-0.2, -0.15) is 0 Å². The van der Waals surface area contributed by atoms with Gasteiger partial charge in [0.2, 0.25) is 0 Å². The van der Waals surface area contributed by atoms with E-state index in [9.17, 15) is 13.6 Å². The molecule has 0 aliphatic carbocycles. The van der Waals surface area contributed by atoms with Gasteiger partial charge in [-0.25, -0.2) is 8.78 Å². The predicted molar refractivity (Wildman–Crippen MR) is 44.6 cm³/mol. The Hall–Kier alpha value is -1.23. The minimum Gasteiger partial charge on any atom is -0.325 e. The fourth-order valence-electron chi connectivity index (χ4n) is 1.15. The van der Waals surface area contributed by atoms with Gasteiger partial charge in [-0.05, 0) is 18.6 Å². The second-order valence-electron chi connectivity index (χ2n) is 2.73. The van der Waals surface area contributed by atoms with Crippen LogP contribution in [0.4, 0.5) is 8.78 Å². The van der Waals surface area contributed by atoms with Crippen LogP contribution in [0, 0.1) is 6.92 Å². The topological polar surface area (TPSA) is 58.9 Å². The van der Waals surface area contributed by atoms with Gasteiger partial charge in [0.25, 0.3) is 12.0 Å². The Bertz CT molecular complexity index is 360. The van der Waals surface area contributed by atoms with E-state index in [2.05, 4.69) is 4.98 Å². The molecule has 0 aromatic carbocycles. The van der Waals surface area contributed by atoms with E-state index in [0.29, 0.717) is 5.69 Å². The van der Waals surface area contributed by atoms with Crippen LogP contribution in [-0.2, 0) is 6.54 Å². The van der Waals surface area contributed by atoms with Crippen molar-refractivity contribution in [3.05, 3.63) is 33.2 Å². The Morgan fingerprint density at radius 3 is 2.62 bits per heavy atom. The highest BCUT2D eigenvalue weighted by atomic mass is 19.3. The molecule has 0 radical (unpaired) electrons. The lowest BCUT2D eigenvalue weighted by Crippen LogP contribution is -2.18. The summed E-state index contributed by atoms with van der Waals surface area (Å²) in [4.78, 5) is 13.4. The lowest BCUT2D eigenvalue weighted by Gasteiger charge is -2.05. The second-order valence-corrected chi connectivity index (χ2v) is 2.73. The maximum atomic E-state index is 12.3. The van der Waals surface area contributed by atoms with Crippen LogP contribution in [0.15, 0.2) is 10.9 Å². The summed E-state index contributed by atoms with van der Waals surface area (Å²) in [7, 11) is 0. The van der Waals surface area contributed by atoms with E-state index in [1.165, 1.54) is 13.0 Å². The smallest absolute Gasteiger partial charge is 0.269 e. The minimum atomic E-state index is -2.74. The number of pyridine rings is 1. The molecule has 0 aliphatic rings. The zero-order valence-electron chi connectivity index (χ0n) is 7.10. The zero-order valence-corrected chi connectivity index (χ0v) is 7.10. The number of halogens is 2. The number of rotatable bonds is 2. The summed E-state index contributed by atoms with van der Waals surface area (Å²) < 4.78 is 24.5. The molecule has 72 valence electrons. The average Bonchev–Trinajstić information content (AvgIpc) is 2.02. The Labute approximate surface area is 73.6 Å². The van der Waals surface area contributed by atoms with Crippen LogP contribution >= 0.6 is 0 Å². The molecule has 0 saturated heterocycles. The highest BCUT2D eigenvalue weighted by Gasteiger charge is 2.15. The summed E-state index contributed by atoms with van der Waals surface area (Å²) in [5.74, 6) is 0. The summed E-state index contributed by atoms with van der Waals surface area (Å²) in [6.45, 7) is 1.61. The molecule has 1 aromatic rings. The number of nitrogens with two attached hydrogens (primary N) is 1. The molecule has 3 nitrogen and oxygen atoms in total. The largest absolute Gasteiger partial charge is 0.325 e. The van der Waals surface area contributed by atoms with E-state index in [1.54, 1.807) is 0 Å². The van der Waals surface area contributed by atoms with Gasteiger partial charge in [-0.1, -0.05) is 0 Å². The third-order valence-corrected chi connectivity index (χ3v) is 1.77. The molecular weight excluding hydrogens is 178 g/mol. The fourth-order valence-corrected chi connectivity index (χ4v) is 1.15. The van der Waals surface area contributed by atoms with Crippen LogP contribution in [0.5, 0.6) is 0 Å². The lowest BCUT2D eigenvalue weighted by molar-refractivity contribution is 0.148. The maximum Gasteiger partial charge on any atom is 0.269 e. The summed E-state index contributed by atoms with van der Waals surface area (Å²) in [5.41, 5.74) is 4.77. The van der Waals surface area contributed by atoms with Gasteiger partial charge in [-0.3, -0.25) is 4.79 Å². The van der Waals surface area contributed by atoms with E-state index in [-0.39, 0.29) is 12.1 Å². The first-order valence-corrected chi connectivity index (χ1v) is 3.77. The number of nitrogens with one attached hydrogen (secondary N) is 1. The lowest BCUT2D eigenvalue weighted by atomic mass is 10.1. The standard InChI is InChI=1S/C8H10F2N2O/c1-4-2-5(3-11)12-8(13)6(4)7(9)10/h2,7H,3,11H2,1H3,(H,12,13). The van der Waals surface area contributed by atoms with Gasteiger partial charge in [0.1, 0.15) is 0 Å². The molecule has 5 heteroatoms. The molecule has 0 aliphatic heterocycles. The van der Waals surface area contributed by atoms with Crippen molar-refractivity contribution >= 4 is 0 Å². The van der Waals surface area contributed by atoms with Crippen molar-refractivity contribution in [3.8, 4) is 0 Å². The third kappa shape index (κ3) is 1.92. The Morgan fingerprint density at radius 1 is 1.62 bits per heavy atom. The highest BCUT2D eigenvalue weighted by molar-refractivity contribution is 5.26. The van der Waals surface area contributed by atoms with E-state index >= 15 is 0 Å². The van der Waals surface area contributed by atoms with Crippen molar-refractivity contribution in [1.82, 2.24) is 4.98 Å². The van der Waals surface area contributed by atoms with Crippen LogP contribution in [0.25, 0.3) is 0 Å². The number of aromatic nitrogens is 1. The van der Waals surface area contributed by atoms with Crippen molar-refractivity contribution in [2.24, 2.45) is 5.73 Å². The van der Waals surface area contributed by atoms with Gasteiger partial charge in [-0.15, -0.1) is 0 Å². The van der Waals surface area contributed by atoms with Gasteiger partial charge >= 0.3 is 0 Å². The van der Waals surface area contributed by atoms with E-state index < -0.39 is 17.5 Å². The van der Waals surface area contributed by atoms with Crippen LogP contribution < -0.4 is 11.3 Å². The number of hydrogen-bond acceptors (Lipinski definition) is 2. The molecule has 1 aromatic heterocycles. The average molecular weight is 188 g/mol. The van der Waals surface area contributed by atoms with Gasteiger partial charge in [0, 0.05) is 12.2 Å². The third-order valence-electron chi connectivity index (χ3n) is 1.77. The van der Waals surface area contributed by atoms with Gasteiger partial charge < -0.3 is 10.7 Å². The SMILES string of the molecule is Cc1cc(CN)[nH]c(=O)c1C(F)F. The van der Waals surface area contributed by atoms with E-state index in [0.717, 1.165) is 0 Å². The molecule has 0 spiro atoms. The molecule has 0 bridgehead atoms. The first-order valence-electron chi connectivity index (χ1n) is 3.77.